The number of hydrogen-bond acceptors (Lipinski definition) is 4. The van der Waals surface area contributed by atoms with Gasteiger partial charge in [0.2, 0.25) is 0 Å². The molecule has 0 aliphatic heterocycles. The summed E-state index contributed by atoms with van der Waals surface area (Å²) in [4.78, 5) is 17.5. The average molecular weight is 301 g/mol. The van der Waals surface area contributed by atoms with Crippen LogP contribution >= 0.6 is 11.8 Å². The minimum Gasteiger partial charge on any atom is -0.458 e. The molecule has 1 heterocycles. The van der Waals surface area contributed by atoms with E-state index in [-0.39, 0.29) is 12.1 Å². The molecule has 0 fully saturated rings. The SMILES string of the molecule is CCSc1ccc(-c2cccc(C(=O)OC(C)C)n2)cc1. The summed E-state index contributed by atoms with van der Waals surface area (Å²) in [6.45, 7) is 5.78. The van der Waals surface area contributed by atoms with Crippen molar-refractivity contribution >= 4 is 17.7 Å². The second-order valence-corrected chi connectivity index (χ2v) is 6.16. The Hall–Kier alpha value is -1.81. The molecule has 110 valence electrons. The Labute approximate surface area is 129 Å². The number of ether oxygens (including phenoxy) is 1. The fourth-order valence-electron chi connectivity index (χ4n) is 1.87. The van der Waals surface area contributed by atoms with Gasteiger partial charge in [-0.05, 0) is 43.9 Å². The van der Waals surface area contributed by atoms with Crippen molar-refractivity contribution in [3.8, 4) is 11.3 Å². The Morgan fingerprint density at radius 1 is 1.19 bits per heavy atom. The Morgan fingerprint density at radius 3 is 2.52 bits per heavy atom. The molecule has 0 amide bonds. The van der Waals surface area contributed by atoms with Crippen molar-refractivity contribution in [2.45, 2.75) is 31.8 Å². The number of nitrogens with zero attached hydrogens (tertiary/aromatic N) is 1. The van der Waals surface area contributed by atoms with Crippen LogP contribution in [0, 0.1) is 0 Å². The number of carbonyl (C=O) groups is 1. The summed E-state index contributed by atoms with van der Waals surface area (Å²) in [7, 11) is 0. The minimum atomic E-state index is -0.384. The van der Waals surface area contributed by atoms with Gasteiger partial charge in [0.15, 0.2) is 0 Å². The van der Waals surface area contributed by atoms with Crippen LogP contribution in [-0.4, -0.2) is 22.8 Å². The molecule has 0 saturated carbocycles. The van der Waals surface area contributed by atoms with E-state index in [2.05, 4.69) is 24.0 Å². The van der Waals surface area contributed by atoms with Gasteiger partial charge in [0, 0.05) is 10.5 Å². The van der Waals surface area contributed by atoms with E-state index in [1.807, 2.05) is 38.1 Å². The Bertz CT molecular complexity index is 608. The lowest BCUT2D eigenvalue weighted by Gasteiger charge is -2.08. The lowest BCUT2D eigenvalue weighted by molar-refractivity contribution is 0.0371. The summed E-state index contributed by atoms with van der Waals surface area (Å²) in [5.74, 6) is 0.665. The molecule has 0 atom stereocenters. The maximum absolute atomic E-state index is 11.9. The molecule has 0 aliphatic rings. The molecule has 0 saturated heterocycles. The highest BCUT2D eigenvalue weighted by Gasteiger charge is 2.11. The van der Waals surface area contributed by atoms with Crippen LogP contribution < -0.4 is 0 Å². The van der Waals surface area contributed by atoms with Gasteiger partial charge in [-0.2, -0.15) is 0 Å². The van der Waals surface area contributed by atoms with Crippen LogP contribution in [0.1, 0.15) is 31.3 Å². The fraction of sp³-hybridized carbons (Fsp3) is 0.294. The zero-order chi connectivity index (χ0) is 15.2. The van der Waals surface area contributed by atoms with E-state index in [0.29, 0.717) is 5.69 Å². The summed E-state index contributed by atoms with van der Waals surface area (Å²) in [6.07, 6.45) is -0.145. The van der Waals surface area contributed by atoms with Gasteiger partial charge in [0.1, 0.15) is 5.69 Å². The van der Waals surface area contributed by atoms with Gasteiger partial charge in [0.25, 0.3) is 0 Å². The smallest absolute Gasteiger partial charge is 0.357 e. The van der Waals surface area contributed by atoms with E-state index in [1.165, 1.54) is 4.90 Å². The largest absolute Gasteiger partial charge is 0.458 e. The van der Waals surface area contributed by atoms with E-state index in [1.54, 1.807) is 17.8 Å². The maximum atomic E-state index is 11.9. The molecule has 2 rings (SSSR count). The average Bonchev–Trinajstić information content (AvgIpc) is 2.48. The minimum absolute atomic E-state index is 0.145. The number of thioether (sulfide) groups is 1. The van der Waals surface area contributed by atoms with Crippen LogP contribution in [0.3, 0.4) is 0 Å². The predicted molar refractivity (Wildman–Crippen MR) is 86.6 cm³/mol. The van der Waals surface area contributed by atoms with Gasteiger partial charge in [-0.15, -0.1) is 11.8 Å². The topological polar surface area (TPSA) is 39.2 Å². The van der Waals surface area contributed by atoms with Crippen molar-refractivity contribution in [3.05, 3.63) is 48.2 Å². The Balaban J connectivity index is 2.22. The number of rotatable bonds is 5. The van der Waals surface area contributed by atoms with Gasteiger partial charge >= 0.3 is 5.97 Å². The van der Waals surface area contributed by atoms with Gasteiger partial charge < -0.3 is 4.74 Å². The number of esters is 1. The van der Waals surface area contributed by atoms with Gasteiger partial charge in [-0.3, -0.25) is 0 Å². The van der Waals surface area contributed by atoms with Crippen LogP contribution in [0.5, 0.6) is 0 Å². The highest BCUT2D eigenvalue weighted by atomic mass is 32.2. The van der Waals surface area contributed by atoms with Crippen LogP contribution in [0.15, 0.2) is 47.4 Å². The van der Waals surface area contributed by atoms with Crippen molar-refractivity contribution in [2.75, 3.05) is 5.75 Å². The molecule has 0 bridgehead atoms. The maximum Gasteiger partial charge on any atom is 0.357 e. The molecule has 0 N–H and O–H groups in total. The molecule has 1 aromatic carbocycles. The van der Waals surface area contributed by atoms with Gasteiger partial charge in [0.05, 0.1) is 11.8 Å². The van der Waals surface area contributed by atoms with Crippen molar-refractivity contribution in [1.82, 2.24) is 4.98 Å². The molecule has 4 heteroatoms. The van der Waals surface area contributed by atoms with Crippen LogP contribution in [0.25, 0.3) is 11.3 Å². The molecule has 1 aromatic heterocycles. The molecule has 0 aliphatic carbocycles. The molecular formula is C17H19NO2S. The van der Waals surface area contributed by atoms with E-state index in [4.69, 9.17) is 4.74 Å². The fourth-order valence-corrected chi connectivity index (χ4v) is 2.53. The van der Waals surface area contributed by atoms with Crippen LogP contribution in [0.4, 0.5) is 0 Å². The van der Waals surface area contributed by atoms with Crippen LogP contribution in [-0.2, 0) is 4.74 Å². The lowest BCUT2D eigenvalue weighted by Crippen LogP contribution is -2.13. The normalized spacial score (nSPS) is 10.7. The van der Waals surface area contributed by atoms with Crippen molar-refractivity contribution in [3.63, 3.8) is 0 Å². The summed E-state index contributed by atoms with van der Waals surface area (Å²) < 4.78 is 5.17. The lowest BCUT2D eigenvalue weighted by atomic mass is 10.1. The molecule has 2 aromatic rings. The Kier molecular flexibility index (Phi) is 5.39. The molecule has 0 radical (unpaired) electrons. The van der Waals surface area contributed by atoms with Crippen molar-refractivity contribution in [2.24, 2.45) is 0 Å². The van der Waals surface area contributed by atoms with E-state index in [0.717, 1.165) is 17.0 Å². The molecular weight excluding hydrogens is 282 g/mol. The van der Waals surface area contributed by atoms with Crippen molar-refractivity contribution in [1.29, 1.82) is 0 Å². The third-order valence-corrected chi connectivity index (χ3v) is 3.66. The number of benzene rings is 1. The third kappa shape index (κ3) is 4.33. The first-order valence-corrected chi connectivity index (χ1v) is 8.00. The van der Waals surface area contributed by atoms with E-state index < -0.39 is 0 Å². The second kappa shape index (κ2) is 7.27. The predicted octanol–water partition coefficient (Wildman–Crippen LogP) is 4.43. The first-order valence-electron chi connectivity index (χ1n) is 7.01. The summed E-state index contributed by atoms with van der Waals surface area (Å²) in [5, 5.41) is 0. The van der Waals surface area contributed by atoms with E-state index in [9.17, 15) is 4.79 Å². The number of pyridine rings is 1. The quantitative estimate of drug-likeness (QED) is 0.605. The number of carbonyl (C=O) groups excluding carboxylic acids is 1. The summed E-state index contributed by atoms with van der Waals surface area (Å²) in [5.41, 5.74) is 2.11. The second-order valence-electron chi connectivity index (χ2n) is 4.82. The van der Waals surface area contributed by atoms with Crippen molar-refractivity contribution < 1.29 is 9.53 Å². The standard InChI is InChI=1S/C17H19NO2S/c1-4-21-14-10-8-13(9-11-14)15-6-5-7-16(18-15)17(19)20-12(2)3/h5-12H,4H2,1-3H3. The highest BCUT2D eigenvalue weighted by Crippen LogP contribution is 2.23. The Morgan fingerprint density at radius 2 is 1.90 bits per heavy atom. The summed E-state index contributed by atoms with van der Waals surface area (Å²) in [6, 6.07) is 13.6. The number of hydrogen-bond donors (Lipinski definition) is 0. The zero-order valence-corrected chi connectivity index (χ0v) is 13.3. The first-order chi connectivity index (χ1) is 10.1. The molecule has 21 heavy (non-hydrogen) atoms. The third-order valence-electron chi connectivity index (χ3n) is 2.76. The number of aromatic nitrogens is 1. The van der Waals surface area contributed by atoms with Gasteiger partial charge in [-0.1, -0.05) is 25.1 Å². The zero-order valence-electron chi connectivity index (χ0n) is 12.5. The highest BCUT2D eigenvalue weighted by molar-refractivity contribution is 7.99. The first kappa shape index (κ1) is 15.6. The monoisotopic (exact) mass is 301 g/mol. The van der Waals surface area contributed by atoms with E-state index >= 15 is 0 Å². The molecule has 0 spiro atoms. The van der Waals surface area contributed by atoms with Crippen LogP contribution in [0.2, 0.25) is 0 Å². The van der Waals surface area contributed by atoms with Gasteiger partial charge in [-0.25, -0.2) is 9.78 Å². The summed E-state index contributed by atoms with van der Waals surface area (Å²) >= 11 is 1.80. The molecule has 0 unspecified atom stereocenters. The molecule has 3 nitrogen and oxygen atoms in total.